The van der Waals surface area contributed by atoms with Crippen LogP contribution in [-0.4, -0.2) is 36.2 Å². The lowest BCUT2D eigenvalue weighted by molar-refractivity contribution is -0.162. The molecule has 2 aromatic rings. The molecule has 0 aliphatic heterocycles. The maximum Gasteiger partial charge on any atom is 0.354 e. The number of benzene rings is 1. The van der Waals surface area contributed by atoms with Crippen LogP contribution in [0.3, 0.4) is 0 Å². The molecular weight excluding hydrogens is 424 g/mol. The first-order valence-corrected chi connectivity index (χ1v) is 11.1. The molecule has 0 N–H and O–H groups in total. The zero-order chi connectivity index (χ0) is 23.3. The third kappa shape index (κ3) is 3.09. The smallest absolute Gasteiger partial charge is 0.354 e. The number of aryl methyl sites for hydroxylation is 1. The van der Waals surface area contributed by atoms with Gasteiger partial charge in [-0.05, 0) is 55.4 Å². The van der Waals surface area contributed by atoms with Gasteiger partial charge in [0.05, 0.1) is 24.5 Å². The molecule has 1 aromatic carbocycles. The molecule has 4 atom stereocenters. The molecule has 0 bridgehead atoms. The Labute approximate surface area is 190 Å². The van der Waals surface area contributed by atoms with Gasteiger partial charge in [0.1, 0.15) is 5.76 Å². The summed E-state index contributed by atoms with van der Waals surface area (Å²) >= 11 is 0. The highest BCUT2D eigenvalue weighted by molar-refractivity contribution is 6.46. The molecule has 1 aromatic heterocycles. The van der Waals surface area contributed by atoms with Crippen LogP contribution in [-0.2, 0) is 19.1 Å². The second kappa shape index (κ2) is 7.83. The number of carbonyl (C=O) groups excluding carboxylic acids is 4. The number of hydrogen-bond acceptors (Lipinski definition) is 7. The lowest BCUT2D eigenvalue weighted by Crippen LogP contribution is -2.54. The Bertz CT molecular complexity index is 1190. The summed E-state index contributed by atoms with van der Waals surface area (Å²) in [6.07, 6.45) is 5.18. The van der Waals surface area contributed by atoms with E-state index in [0.717, 1.165) is 0 Å². The predicted octanol–water partition coefficient (Wildman–Crippen LogP) is 3.95. The van der Waals surface area contributed by atoms with Crippen LogP contribution in [0.25, 0.3) is 0 Å². The van der Waals surface area contributed by atoms with Crippen LogP contribution in [0.1, 0.15) is 63.6 Å². The number of rotatable bonds is 3. The Morgan fingerprint density at radius 1 is 1.12 bits per heavy atom. The van der Waals surface area contributed by atoms with Gasteiger partial charge in [0.25, 0.3) is 0 Å². The highest BCUT2D eigenvalue weighted by Gasteiger charge is 2.58. The van der Waals surface area contributed by atoms with E-state index in [1.165, 1.54) is 13.4 Å². The SMILES string of the molecule is COC(=O)[C@@]1(OC(=O)c2ccccc2)CCCC2C1=CCC1c3occ(C)c3C(=O)C(=O)C21. The van der Waals surface area contributed by atoms with Gasteiger partial charge in [0, 0.05) is 18.3 Å². The third-order valence-corrected chi connectivity index (χ3v) is 7.25. The minimum absolute atomic E-state index is 0.255. The van der Waals surface area contributed by atoms with E-state index in [-0.39, 0.29) is 12.3 Å². The molecule has 0 saturated heterocycles. The van der Waals surface area contributed by atoms with Crippen molar-refractivity contribution in [3.63, 3.8) is 0 Å². The number of esters is 2. The van der Waals surface area contributed by atoms with Gasteiger partial charge in [-0.2, -0.15) is 0 Å². The van der Waals surface area contributed by atoms with Gasteiger partial charge >= 0.3 is 11.9 Å². The molecule has 0 radical (unpaired) electrons. The first-order valence-electron chi connectivity index (χ1n) is 11.1. The van der Waals surface area contributed by atoms with Gasteiger partial charge in [-0.25, -0.2) is 9.59 Å². The fraction of sp³-hybridized carbons (Fsp3) is 0.385. The van der Waals surface area contributed by atoms with Crippen LogP contribution in [0.4, 0.5) is 0 Å². The van der Waals surface area contributed by atoms with Crippen molar-refractivity contribution >= 4 is 23.5 Å². The van der Waals surface area contributed by atoms with Crippen molar-refractivity contribution in [1.29, 1.82) is 0 Å². The number of fused-ring (bicyclic) bond motifs is 5. The highest BCUT2D eigenvalue weighted by atomic mass is 16.6. The Balaban J connectivity index is 1.58. The van der Waals surface area contributed by atoms with Crippen LogP contribution >= 0.6 is 0 Å². The van der Waals surface area contributed by atoms with E-state index in [9.17, 15) is 19.2 Å². The Hall–Kier alpha value is -3.48. The van der Waals surface area contributed by atoms with Crippen molar-refractivity contribution in [3.05, 3.63) is 70.7 Å². The Morgan fingerprint density at radius 2 is 1.88 bits per heavy atom. The summed E-state index contributed by atoms with van der Waals surface area (Å²) in [6, 6.07) is 8.44. The fourth-order valence-corrected chi connectivity index (χ4v) is 5.81. The summed E-state index contributed by atoms with van der Waals surface area (Å²) in [7, 11) is 1.25. The number of ether oxygens (including phenoxy) is 2. The standard InChI is InChI=1S/C26H24O7/c1-14-13-32-23-17-10-11-18-16(20(17)22(28)21(27)19(14)23)9-6-12-26(18,25(30)31-2)33-24(29)15-7-4-3-5-8-15/h3-5,7-8,11,13,16-17,20H,6,9-10,12H2,1-2H3/t16?,17?,20?,26-/m1/s1. The number of methoxy groups -OCH3 is 1. The number of ketones is 2. The molecule has 7 heteroatoms. The van der Waals surface area contributed by atoms with E-state index in [2.05, 4.69) is 0 Å². The topological polar surface area (TPSA) is 99.9 Å². The molecule has 7 nitrogen and oxygen atoms in total. The number of hydrogen-bond donors (Lipinski definition) is 0. The lowest BCUT2D eigenvalue weighted by Gasteiger charge is -2.47. The van der Waals surface area contributed by atoms with E-state index in [1.807, 2.05) is 6.08 Å². The van der Waals surface area contributed by atoms with Crippen LogP contribution < -0.4 is 0 Å². The number of Topliss-reactive ketones (excluding diaryl/α,β-unsaturated/α-hetero) is 2. The molecule has 1 heterocycles. The normalized spacial score (nSPS) is 28.2. The zero-order valence-electron chi connectivity index (χ0n) is 18.5. The summed E-state index contributed by atoms with van der Waals surface area (Å²) in [5, 5.41) is 0. The largest absolute Gasteiger partial charge is 0.468 e. The fourth-order valence-electron chi connectivity index (χ4n) is 5.81. The predicted molar refractivity (Wildman–Crippen MR) is 116 cm³/mol. The summed E-state index contributed by atoms with van der Waals surface area (Å²) in [5.74, 6) is -3.16. The highest BCUT2D eigenvalue weighted by Crippen LogP contribution is 2.54. The maximum absolute atomic E-state index is 13.3. The van der Waals surface area contributed by atoms with E-state index >= 15 is 0 Å². The average molecular weight is 448 g/mol. The second-order valence-corrected chi connectivity index (χ2v) is 8.95. The minimum Gasteiger partial charge on any atom is -0.468 e. The quantitative estimate of drug-likeness (QED) is 0.398. The molecule has 1 fully saturated rings. The van der Waals surface area contributed by atoms with Crippen LogP contribution in [0.5, 0.6) is 0 Å². The second-order valence-electron chi connectivity index (χ2n) is 8.95. The van der Waals surface area contributed by atoms with E-state index < -0.39 is 40.9 Å². The molecule has 170 valence electrons. The van der Waals surface area contributed by atoms with Crippen molar-refractivity contribution in [2.45, 2.75) is 44.1 Å². The molecule has 0 amide bonds. The van der Waals surface area contributed by atoms with Crippen molar-refractivity contribution in [1.82, 2.24) is 0 Å². The van der Waals surface area contributed by atoms with Gasteiger partial charge in [-0.15, -0.1) is 0 Å². The van der Waals surface area contributed by atoms with Crippen LogP contribution in [0.2, 0.25) is 0 Å². The first kappa shape index (κ1) is 21.4. The lowest BCUT2D eigenvalue weighted by atomic mass is 9.58. The molecule has 1 saturated carbocycles. The average Bonchev–Trinajstić information content (AvgIpc) is 3.23. The first-order chi connectivity index (χ1) is 15.9. The van der Waals surface area contributed by atoms with Gasteiger partial charge < -0.3 is 13.9 Å². The molecule has 5 rings (SSSR count). The van der Waals surface area contributed by atoms with Gasteiger partial charge in [-0.1, -0.05) is 24.3 Å². The molecule has 3 aliphatic carbocycles. The zero-order valence-corrected chi connectivity index (χ0v) is 18.5. The Morgan fingerprint density at radius 3 is 2.61 bits per heavy atom. The van der Waals surface area contributed by atoms with Crippen molar-refractivity contribution in [2.24, 2.45) is 11.8 Å². The molecular formula is C26H24O7. The van der Waals surface area contributed by atoms with Crippen LogP contribution in [0.15, 0.2) is 52.7 Å². The van der Waals surface area contributed by atoms with Crippen LogP contribution in [0, 0.1) is 18.8 Å². The minimum atomic E-state index is -1.63. The summed E-state index contributed by atoms with van der Waals surface area (Å²) < 4.78 is 16.7. The monoisotopic (exact) mass is 448 g/mol. The van der Waals surface area contributed by atoms with E-state index in [4.69, 9.17) is 13.9 Å². The maximum atomic E-state index is 13.3. The number of carbonyl (C=O) groups is 4. The Kier molecular flexibility index (Phi) is 5.07. The molecule has 0 spiro atoms. The van der Waals surface area contributed by atoms with Gasteiger partial charge in [0.15, 0.2) is 0 Å². The summed E-state index contributed by atoms with van der Waals surface area (Å²) in [4.78, 5) is 52.3. The van der Waals surface area contributed by atoms with Gasteiger partial charge in [-0.3, -0.25) is 9.59 Å². The molecule has 3 unspecified atom stereocenters. The van der Waals surface area contributed by atoms with Crippen molar-refractivity contribution in [3.8, 4) is 0 Å². The summed E-state index contributed by atoms with van der Waals surface area (Å²) in [5.41, 5.74) is 0.263. The third-order valence-electron chi connectivity index (χ3n) is 7.25. The molecule has 3 aliphatic rings. The van der Waals surface area contributed by atoms with E-state index in [0.29, 0.717) is 47.3 Å². The van der Waals surface area contributed by atoms with E-state index in [1.54, 1.807) is 37.3 Å². The molecule has 33 heavy (non-hydrogen) atoms. The van der Waals surface area contributed by atoms with Gasteiger partial charge in [0.2, 0.25) is 17.2 Å². The van der Waals surface area contributed by atoms with Crippen molar-refractivity contribution < 1.29 is 33.1 Å². The van der Waals surface area contributed by atoms with Crippen molar-refractivity contribution in [2.75, 3.05) is 7.11 Å². The number of furan rings is 1. The summed E-state index contributed by atoms with van der Waals surface area (Å²) in [6.45, 7) is 1.75. The number of allylic oxidation sites excluding steroid dienone is 1.